The molecule has 1 N–H and O–H groups in total. The summed E-state index contributed by atoms with van der Waals surface area (Å²) in [5.74, 6) is 0.945. The summed E-state index contributed by atoms with van der Waals surface area (Å²) in [6, 6.07) is 24.0. The van der Waals surface area contributed by atoms with Crippen molar-refractivity contribution in [3.05, 3.63) is 95.8 Å². The van der Waals surface area contributed by atoms with Gasteiger partial charge in [0, 0.05) is 12.0 Å². The number of amides is 1. The Hall–Kier alpha value is -3.65. The molecule has 0 radical (unpaired) electrons. The van der Waals surface area contributed by atoms with Gasteiger partial charge in [0.2, 0.25) is 5.91 Å². The summed E-state index contributed by atoms with van der Waals surface area (Å²) in [4.78, 5) is 12.8. The minimum Gasteiger partial charge on any atom is -0.493 e. The zero-order chi connectivity index (χ0) is 23.3. The Balaban J connectivity index is 1.34. The van der Waals surface area contributed by atoms with E-state index in [4.69, 9.17) is 4.74 Å². The predicted molar refractivity (Wildman–Crippen MR) is 129 cm³/mol. The van der Waals surface area contributed by atoms with Gasteiger partial charge in [0.25, 0.3) is 0 Å². The van der Waals surface area contributed by atoms with E-state index in [2.05, 4.69) is 15.5 Å². The Morgan fingerprint density at radius 1 is 1.03 bits per heavy atom. The normalized spacial score (nSPS) is 14.8. The number of thioether (sulfide) groups is 1. The Bertz CT molecular complexity index is 1290. The molecule has 172 valence electrons. The van der Waals surface area contributed by atoms with Crippen molar-refractivity contribution in [1.29, 1.82) is 0 Å². The number of rotatable bonds is 7. The molecule has 1 unspecified atom stereocenters. The first-order valence-electron chi connectivity index (χ1n) is 11.0. The van der Waals surface area contributed by atoms with E-state index in [9.17, 15) is 9.18 Å². The van der Waals surface area contributed by atoms with Crippen molar-refractivity contribution < 1.29 is 13.9 Å². The van der Waals surface area contributed by atoms with Gasteiger partial charge in [-0.15, -0.1) is 10.2 Å². The van der Waals surface area contributed by atoms with E-state index in [0.717, 1.165) is 23.3 Å². The topological polar surface area (TPSA) is 69.0 Å². The minimum atomic E-state index is -0.364. The lowest BCUT2D eigenvalue weighted by Crippen LogP contribution is -2.33. The fourth-order valence-electron chi connectivity index (χ4n) is 4.00. The van der Waals surface area contributed by atoms with Gasteiger partial charge in [0.05, 0.1) is 30.5 Å². The van der Waals surface area contributed by atoms with E-state index in [1.807, 2.05) is 59.2 Å². The molecule has 1 aromatic heterocycles. The maximum absolute atomic E-state index is 14.5. The number of nitrogens with zero attached hydrogens (tertiary/aromatic N) is 3. The lowest BCUT2D eigenvalue weighted by molar-refractivity contribution is -0.119. The molecular formula is C26H23FN4O2S. The standard InChI is InChI=1S/C26H23FN4O2S/c27-21-12-6-4-10-19(21)25-29-30-26(31(25)16-18-8-2-1-3-9-18)34-17-24(32)28-22-14-15-33-23-13-7-5-11-20(22)23/h1-13,22H,14-17H2,(H,28,32). The van der Waals surface area contributed by atoms with Crippen LogP contribution in [0.2, 0.25) is 0 Å². The first-order chi connectivity index (χ1) is 16.7. The maximum Gasteiger partial charge on any atom is 0.230 e. The maximum atomic E-state index is 14.5. The third-order valence-corrected chi connectivity index (χ3v) is 6.61. The third kappa shape index (κ3) is 4.82. The first-order valence-corrected chi connectivity index (χ1v) is 12.0. The molecule has 2 heterocycles. The van der Waals surface area contributed by atoms with Gasteiger partial charge >= 0.3 is 0 Å². The molecule has 0 aliphatic carbocycles. The summed E-state index contributed by atoms with van der Waals surface area (Å²) in [6.45, 7) is 1.03. The van der Waals surface area contributed by atoms with E-state index in [0.29, 0.717) is 29.7 Å². The van der Waals surface area contributed by atoms with E-state index in [1.54, 1.807) is 18.2 Å². The van der Waals surface area contributed by atoms with Crippen LogP contribution in [0.25, 0.3) is 11.4 Å². The number of para-hydroxylation sites is 1. The highest BCUT2D eigenvalue weighted by Crippen LogP contribution is 2.32. The number of benzene rings is 3. The lowest BCUT2D eigenvalue weighted by Gasteiger charge is -2.26. The molecule has 34 heavy (non-hydrogen) atoms. The molecule has 0 saturated heterocycles. The summed E-state index contributed by atoms with van der Waals surface area (Å²) in [6.07, 6.45) is 0.717. The molecule has 0 saturated carbocycles. The Kier molecular flexibility index (Phi) is 6.58. The fraction of sp³-hybridized carbons (Fsp3) is 0.192. The Morgan fingerprint density at radius 3 is 2.65 bits per heavy atom. The molecule has 0 bridgehead atoms. The van der Waals surface area contributed by atoms with Crippen LogP contribution in [0.4, 0.5) is 4.39 Å². The zero-order valence-electron chi connectivity index (χ0n) is 18.4. The number of carbonyl (C=O) groups is 1. The monoisotopic (exact) mass is 474 g/mol. The SMILES string of the molecule is O=C(CSc1nnc(-c2ccccc2F)n1Cc1ccccc1)NC1CCOc2ccccc21. The summed E-state index contributed by atoms with van der Waals surface area (Å²) in [5.41, 5.74) is 2.40. The molecule has 1 aliphatic heterocycles. The molecule has 0 fully saturated rings. The zero-order valence-corrected chi connectivity index (χ0v) is 19.2. The van der Waals surface area contributed by atoms with Gasteiger partial charge in [-0.05, 0) is 23.8 Å². The molecule has 1 atom stereocenters. The second-order valence-corrected chi connectivity index (χ2v) is 8.88. The number of fused-ring (bicyclic) bond motifs is 1. The molecule has 5 rings (SSSR count). The highest BCUT2D eigenvalue weighted by atomic mass is 32.2. The summed E-state index contributed by atoms with van der Waals surface area (Å²) in [5, 5.41) is 12.2. The van der Waals surface area contributed by atoms with Crippen LogP contribution in [0.15, 0.2) is 84.0 Å². The number of halogens is 1. The van der Waals surface area contributed by atoms with Crippen molar-refractivity contribution in [2.75, 3.05) is 12.4 Å². The molecule has 8 heteroatoms. The fourth-order valence-corrected chi connectivity index (χ4v) is 4.75. The van der Waals surface area contributed by atoms with Gasteiger partial charge in [0.1, 0.15) is 11.6 Å². The van der Waals surface area contributed by atoms with Crippen molar-refractivity contribution >= 4 is 17.7 Å². The minimum absolute atomic E-state index is 0.0887. The Labute approximate surface area is 201 Å². The molecule has 1 amide bonds. The molecule has 4 aromatic rings. The van der Waals surface area contributed by atoms with Crippen LogP contribution in [-0.2, 0) is 11.3 Å². The van der Waals surface area contributed by atoms with Gasteiger partial charge in [-0.3, -0.25) is 9.36 Å². The van der Waals surface area contributed by atoms with Crippen molar-refractivity contribution in [2.45, 2.75) is 24.2 Å². The van der Waals surface area contributed by atoms with E-state index in [-0.39, 0.29) is 23.5 Å². The second kappa shape index (κ2) is 10.1. The first kappa shape index (κ1) is 22.2. The van der Waals surface area contributed by atoms with Gasteiger partial charge < -0.3 is 10.1 Å². The number of ether oxygens (including phenoxy) is 1. The van der Waals surface area contributed by atoms with Gasteiger partial charge in [-0.1, -0.05) is 72.4 Å². The second-order valence-electron chi connectivity index (χ2n) is 7.94. The van der Waals surface area contributed by atoms with Crippen LogP contribution in [-0.4, -0.2) is 33.0 Å². The smallest absolute Gasteiger partial charge is 0.230 e. The van der Waals surface area contributed by atoms with Crippen molar-refractivity contribution in [1.82, 2.24) is 20.1 Å². The molecular weight excluding hydrogens is 451 g/mol. The van der Waals surface area contributed by atoms with Gasteiger partial charge in [-0.2, -0.15) is 0 Å². The quantitative estimate of drug-likeness (QED) is 0.387. The van der Waals surface area contributed by atoms with Crippen molar-refractivity contribution in [3.63, 3.8) is 0 Å². The molecule has 1 aliphatic rings. The van der Waals surface area contributed by atoms with Crippen LogP contribution >= 0.6 is 11.8 Å². The number of hydrogen-bond acceptors (Lipinski definition) is 5. The number of nitrogens with one attached hydrogen (secondary N) is 1. The highest BCUT2D eigenvalue weighted by Gasteiger charge is 2.23. The molecule has 0 spiro atoms. The van der Waals surface area contributed by atoms with Crippen LogP contribution < -0.4 is 10.1 Å². The van der Waals surface area contributed by atoms with Crippen LogP contribution in [0.1, 0.15) is 23.6 Å². The summed E-state index contributed by atoms with van der Waals surface area (Å²) < 4.78 is 22.1. The summed E-state index contributed by atoms with van der Waals surface area (Å²) in [7, 11) is 0. The van der Waals surface area contributed by atoms with Gasteiger partial charge in [0.15, 0.2) is 11.0 Å². The average molecular weight is 475 g/mol. The number of hydrogen-bond donors (Lipinski definition) is 1. The van der Waals surface area contributed by atoms with E-state index >= 15 is 0 Å². The van der Waals surface area contributed by atoms with E-state index in [1.165, 1.54) is 17.8 Å². The van der Waals surface area contributed by atoms with Crippen LogP contribution in [0.3, 0.4) is 0 Å². The van der Waals surface area contributed by atoms with Crippen LogP contribution in [0, 0.1) is 5.82 Å². The third-order valence-electron chi connectivity index (χ3n) is 5.64. The van der Waals surface area contributed by atoms with Crippen molar-refractivity contribution in [3.8, 4) is 17.1 Å². The number of aromatic nitrogens is 3. The Morgan fingerprint density at radius 2 is 1.79 bits per heavy atom. The molecule has 6 nitrogen and oxygen atoms in total. The number of carbonyl (C=O) groups excluding carboxylic acids is 1. The largest absolute Gasteiger partial charge is 0.493 e. The van der Waals surface area contributed by atoms with E-state index < -0.39 is 0 Å². The predicted octanol–water partition coefficient (Wildman–Crippen LogP) is 4.86. The summed E-state index contributed by atoms with van der Waals surface area (Å²) >= 11 is 1.29. The lowest BCUT2D eigenvalue weighted by atomic mass is 10.0. The average Bonchev–Trinajstić information content (AvgIpc) is 3.26. The van der Waals surface area contributed by atoms with Crippen molar-refractivity contribution in [2.24, 2.45) is 0 Å². The highest BCUT2D eigenvalue weighted by molar-refractivity contribution is 7.99. The van der Waals surface area contributed by atoms with Gasteiger partial charge in [-0.25, -0.2) is 4.39 Å². The molecule has 3 aromatic carbocycles. The van der Waals surface area contributed by atoms with Crippen LogP contribution in [0.5, 0.6) is 5.75 Å².